The second kappa shape index (κ2) is 10.9. The molecule has 208 valence electrons. The zero-order chi connectivity index (χ0) is 28.5. The largest absolute Gasteiger partial charge is 0.378 e. The summed E-state index contributed by atoms with van der Waals surface area (Å²) in [5.41, 5.74) is 5.24. The molecule has 1 aliphatic heterocycles. The number of aryl methyl sites for hydroxylation is 1. The Balaban J connectivity index is 1.57. The van der Waals surface area contributed by atoms with Crippen LogP contribution in [0.25, 0.3) is 22.2 Å². The van der Waals surface area contributed by atoms with Crippen molar-refractivity contribution in [3.8, 4) is 11.3 Å². The molecule has 0 amide bonds. The van der Waals surface area contributed by atoms with E-state index in [-0.39, 0.29) is 5.82 Å². The van der Waals surface area contributed by atoms with Crippen molar-refractivity contribution < 1.29 is 9.13 Å². The highest BCUT2D eigenvalue weighted by Gasteiger charge is 2.41. The smallest absolute Gasteiger partial charge is 0.138 e. The van der Waals surface area contributed by atoms with E-state index in [2.05, 4.69) is 52.3 Å². The maximum Gasteiger partial charge on any atom is 0.138 e. The molecular weight excluding hydrogens is 523 g/mol. The van der Waals surface area contributed by atoms with E-state index >= 15 is 4.39 Å². The maximum atomic E-state index is 15.5. The molecule has 0 unspecified atom stereocenters. The molecule has 42 heavy (non-hydrogen) atoms. The van der Waals surface area contributed by atoms with Gasteiger partial charge in [-0.15, -0.1) is 0 Å². The van der Waals surface area contributed by atoms with E-state index in [1.165, 1.54) is 0 Å². The second-order valence-electron chi connectivity index (χ2n) is 10.7. The zero-order valence-corrected chi connectivity index (χ0v) is 23.5. The van der Waals surface area contributed by atoms with Crippen LogP contribution < -0.4 is 4.90 Å². The standard InChI is InChI=1S/C36H31FN4O/c1-26-23-31-33(25-32(26)37)41(39-35(31)27-17-18-38-34(24-27)40-19-21-42-22-20-40)36(28-11-5-2-6-12-28,29-13-7-3-8-14-29)30-15-9-4-10-16-30/h2-18,23-25H,19-22H2,1H3. The third kappa shape index (κ3) is 4.35. The van der Waals surface area contributed by atoms with Crippen LogP contribution in [-0.4, -0.2) is 41.1 Å². The van der Waals surface area contributed by atoms with Gasteiger partial charge in [0.25, 0.3) is 0 Å². The molecule has 1 fully saturated rings. The van der Waals surface area contributed by atoms with Crippen molar-refractivity contribution in [3.05, 3.63) is 150 Å². The van der Waals surface area contributed by atoms with Gasteiger partial charge >= 0.3 is 0 Å². The first-order chi connectivity index (χ1) is 20.7. The van der Waals surface area contributed by atoms with E-state index in [0.717, 1.165) is 57.8 Å². The summed E-state index contributed by atoms with van der Waals surface area (Å²) in [7, 11) is 0. The van der Waals surface area contributed by atoms with Gasteiger partial charge in [0.2, 0.25) is 0 Å². The first kappa shape index (κ1) is 26.1. The number of aromatic nitrogens is 3. The highest BCUT2D eigenvalue weighted by Crippen LogP contribution is 2.44. The molecular formula is C36H31FN4O. The number of hydrogen-bond acceptors (Lipinski definition) is 4. The van der Waals surface area contributed by atoms with Gasteiger partial charge in [0.05, 0.1) is 18.7 Å². The van der Waals surface area contributed by atoms with Gasteiger partial charge < -0.3 is 9.64 Å². The molecule has 0 aliphatic carbocycles. The minimum atomic E-state index is -0.873. The summed E-state index contributed by atoms with van der Waals surface area (Å²) in [5.74, 6) is 0.625. The van der Waals surface area contributed by atoms with Crippen molar-refractivity contribution in [3.63, 3.8) is 0 Å². The van der Waals surface area contributed by atoms with E-state index in [1.807, 2.05) is 77.6 Å². The number of hydrogen-bond donors (Lipinski definition) is 0. The number of pyridine rings is 1. The molecule has 0 N–H and O–H groups in total. The summed E-state index contributed by atoms with van der Waals surface area (Å²) in [6, 6.07) is 38.7. The number of ether oxygens (including phenoxy) is 1. The minimum Gasteiger partial charge on any atom is -0.378 e. The molecule has 6 heteroatoms. The monoisotopic (exact) mass is 554 g/mol. The van der Waals surface area contributed by atoms with Gasteiger partial charge in [-0.1, -0.05) is 91.0 Å². The summed E-state index contributed by atoms with van der Waals surface area (Å²) in [5, 5.41) is 6.30. The first-order valence-electron chi connectivity index (χ1n) is 14.3. The number of fused-ring (bicyclic) bond motifs is 1. The minimum absolute atomic E-state index is 0.262. The molecule has 0 bridgehead atoms. The van der Waals surface area contributed by atoms with Crippen molar-refractivity contribution in [1.29, 1.82) is 0 Å². The van der Waals surface area contributed by atoms with E-state index in [9.17, 15) is 0 Å². The van der Waals surface area contributed by atoms with Crippen LogP contribution in [-0.2, 0) is 10.3 Å². The van der Waals surface area contributed by atoms with Crippen LogP contribution in [0.2, 0.25) is 0 Å². The van der Waals surface area contributed by atoms with Crippen LogP contribution in [0, 0.1) is 12.7 Å². The molecule has 7 rings (SSSR count). The van der Waals surface area contributed by atoms with Crippen LogP contribution in [0.1, 0.15) is 22.3 Å². The summed E-state index contributed by atoms with van der Waals surface area (Å²) in [4.78, 5) is 6.91. The van der Waals surface area contributed by atoms with Crippen LogP contribution in [0.5, 0.6) is 0 Å². The van der Waals surface area contributed by atoms with Gasteiger partial charge in [-0.3, -0.25) is 0 Å². The Morgan fingerprint density at radius 2 is 1.31 bits per heavy atom. The average Bonchev–Trinajstić information content (AvgIpc) is 3.42. The fraction of sp³-hybridized carbons (Fsp3) is 0.167. The van der Waals surface area contributed by atoms with Crippen molar-refractivity contribution in [2.24, 2.45) is 0 Å². The van der Waals surface area contributed by atoms with Gasteiger partial charge in [-0.05, 0) is 47.4 Å². The van der Waals surface area contributed by atoms with Gasteiger partial charge in [0.1, 0.15) is 22.9 Å². The van der Waals surface area contributed by atoms with Gasteiger partial charge in [-0.2, -0.15) is 5.10 Å². The normalized spacial score (nSPS) is 13.9. The molecule has 4 aromatic carbocycles. The predicted octanol–water partition coefficient (Wildman–Crippen LogP) is 7.22. The van der Waals surface area contributed by atoms with Crippen molar-refractivity contribution in [1.82, 2.24) is 14.8 Å². The highest BCUT2D eigenvalue weighted by molar-refractivity contribution is 5.95. The Morgan fingerprint density at radius 3 is 1.88 bits per heavy atom. The van der Waals surface area contributed by atoms with Gasteiger partial charge in [0.15, 0.2) is 0 Å². The number of benzene rings is 4. The SMILES string of the molecule is Cc1cc2c(-c3ccnc(N4CCOCC4)c3)nn(C(c3ccccc3)(c3ccccc3)c3ccccc3)c2cc1F. The summed E-state index contributed by atoms with van der Waals surface area (Å²) >= 11 is 0. The Bertz CT molecular complexity index is 1730. The van der Waals surface area contributed by atoms with Crippen LogP contribution in [0.4, 0.5) is 10.2 Å². The lowest BCUT2D eigenvalue weighted by atomic mass is 9.77. The predicted molar refractivity (Wildman–Crippen MR) is 165 cm³/mol. The van der Waals surface area contributed by atoms with E-state index in [0.29, 0.717) is 18.8 Å². The molecule has 5 nitrogen and oxygen atoms in total. The lowest BCUT2D eigenvalue weighted by Gasteiger charge is -2.37. The van der Waals surface area contributed by atoms with Crippen LogP contribution in [0.3, 0.4) is 0 Å². The fourth-order valence-electron chi connectivity index (χ4n) is 6.15. The van der Waals surface area contributed by atoms with Crippen molar-refractivity contribution >= 4 is 16.7 Å². The van der Waals surface area contributed by atoms with Gasteiger partial charge in [0, 0.05) is 36.3 Å². The quantitative estimate of drug-likeness (QED) is 0.204. The van der Waals surface area contributed by atoms with Crippen molar-refractivity contribution in [2.75, 3.05) is 31.2 Å². The third-order valence-electron chi connectivity index (χ3n) is 8.21. The Labute approximate surface area is 244 Å². The molecule has 3 heterocycles. The molecule has 1 saturated heterocycles. The summed E-state index contributed by atoms with van der Waals surface area (Å²) in [6.45, 7) is 4.73. The molecule has 2 aromatic heterocycles. The first-order valence-corrected chi connectivity index (χ1v) is 14.3. The Hall–Kier alpha value is -4.81. The van der Waals surface area contributed by atoms with E-state index in [1.54, 1.807) is 13.0 Å². The molecule has 1 aliphatic rings. The number of anilines is 1. The summed E-state index contributed by atoms with van der Waals surface area (Å²) < 4.78 is 23.1. The zero-order valence-electron chi connectivity index (χ0n) is 23.5. The molecule has 0 saturated carbocycles. The molecule has 0 radical (unpaired) electrons. The Morgan fingerprint density at radius 1 is 0.738 bits per heavy atom. The van der Waals surface area contributed by atoms with Crippen LogP contribution in [0.15, 0.2) is 121 Å². The number of nitrogens with zero attached hydrogens (tertiary/aromatic N) is 4. The molecule has 0 spiro atoms. The topological polar surface area (TPSA) is 43.2 Å². The lowest BCUT2D eigenvalue weighted by Crippen LogP contribution is -2.38. The average molecular weight is 555 g/mol. The number of halogens is 1. The highest BCUT2D eigenvalue weighted by atomic mass is 19.1. The van der Waals surface area contributed by atoms with Crippen molar-refractivity contribution in [2.45, 2.75) is 12.5 Å². The summed E-state index contributed by atoms with van der Waals surface area (Å²) in [6.07, 6.45) is 1.83. The maximum absolute atomic E-state index is 15.5. The fourth-order valence-corrected chi connectivity index (χ4v) is 6.15. The van der Waals surface area contributed by atoms with Gasteiger partial charge in [-0.25, -0.2) is 14.1 Å². The van der Waals surface area contributed by atoms with Crippen LogP contribution >= 0.6 is 0 Å². The lowest BCUT2D eigenvalue weighted by molar-refractivity contribution is 0.122. The molecule has 0 atom stereocenters. The van der Waals surface area contributed by atoms with E-state index in [4.69, 9.17) is 9.84 Å². The molecule has 6 aromatic rings. The number of rotatable bonds is 6. The van der Waals surface area contributed by atoms with E-state index < -0.39 is 5.54 Å². The number of morpholine rings is 1. The Kier molecular flexibility index (Phi) is 6.76. The third-order valence-corrected chi connectivity index (χ3v) is 8.21. The second-order valence-corrected chi connectivity index (χ2v) is 10.7.